The van der Waals surface area contributed by atoms with Gasteiger partial charge in [-0.05, 0) is 25.2 Å². The van der Waals surface area contributed by atoms with Crippen LogP contribution in [0.5, 0.6) is 0 Å². The van der Waals surface area contributed by atoms with Gasteiger partial charge in [-0.25, -0.2) is 9.97 Å². The maximum atomic E-state index is 13.0. The Bertz CT molecular complexity index is 462. The molecule has 2 N–H and O–H groups in total. The van der Waals surface area contributed by atoms with E-state index < -0.39 is 11.9 Å². The first-order valence-corrected chi connectivity index (χ1v) is 6.23. The van der Waals surface area contributed by atoms with Gasteiger partial charge >= 0.3 is 6.18 Å². The van der Waals surface area contributed by atoms with Gasteiger partial charge in [0, 0.05) is 17.8 Å². The van der Waals surface area contributed by atoms with Crippen molar-refractivity contribution >= 4 is 5.95 Å². The number of aryl methyl sites for hydroxylation is 1. The van der Waals surface area contributed by atoms with Gasteiger partial charge in [0.05, 0.1) is 6.61 Å². The Kier molecular flexibility index (Phi) is 3.93. The molecule has 106 valence electrons. The third kappa shape index (κ3) is 3.15. The summed E-state index contributed by atoms with van der Waals surface area (Å²) < 4.78 is 39.1. The summed E-state index contributed by atoms with van der Waals surface area (Å²) in [4.78, 5) is 7.70. The molecule has 0 radical (unpaired) electrons. The molecule has 0 saturated heterocycles. The van der Waals surface area contributed by atoms with E-state index in [1.807, 2.05) is 6.92 Å². The molecule has 1 atom stereocenters. The number of nitrogens with zero attached hydrogens (tertiary/aromatic N) is 2. The van der Waals surface area contributed by atoms with Crippen molar-refractivity contribution in [2.24, 2.45) is 5.92 Å². The summed E-state index contributed by atoms with van der Waals surface area (Å²) in [5.74, 6) is 0.156. The molecular weight excluding hydrogens is 259 g/mol. The number of nitrogens with one attached hydrogen (secondary N) is 1. The Morgan fingerprint density at radius 1 is 1.37 bits per heavy atom. The molecule has 0 aromatic carbocycles. The molecule has 0 unspecified atom stereocenters. The fourth-order valence-electron chi connectivity index (χ4n) is 2.27. The summed E-state index contributed by atoms with van der Waals surface area (Å²) in [6.45, 7) is 1.88. The molecule has 2 rings (SSSR count). The van der Waals surface area contributed by atoms with Crippen LogP contribution in [0.2, 0.25) is 0 Å². The molecule has 1 aliphatic carbocycles. The van der Waals surface area contributed by atoms with Gasteiger partial charge in [0.15, 0.2) is 5.69 Å². The molecule has 0 amide bonds. The molecule has 1 aliphatic rings. The number of aliphatic hydroxyl groups is 1. The highest BCUT2D eigenvalue weighted by Gasteiger charge is 2.38. The fraction of sp³-hybridized carbons (Fsp3) is 0.667. The Morgan fingerprint density at radius 3 is 2.74 bits per heavy atom. The number of aromatic nitrogens is 2. The zero-order valence-electron chi connectivity index (χ0n) is 10.6. The number of aliphatic hydroxyl groups excluding tert-OH is 1. The zero-order chi connectivity index (χ0) is 14.0. The normalized spacial score (nSPS) is 19.1. The van der Waals surface area contributed by atoms with Crippen LogP contribution in [-0.2, 0) is 19.0 Å². The van der Waals surface area contributed by atoms with E-state index in [1.165, 1.54) is 0 Å². The first-order valence-electron chi connectivity index (χ1n) is 6.23. The molecule has 0 fully saturated rings. The average Bonchev–Trinajstić information content (AvgIpc) is 2.34. The second-order valence-electron chi connectivity index (χ2n) is 4.82. The van der Waals surface area contributed by atoms with Gasteiger partial charge in [0.1, 0.15) is 0 Å². The van der Waals surface area contributed by atoms with Gasteiger partial charge < -0.3 is 10.4 Å². The maximum Gasteiger partial charge on any atom is 0.433 e. The van der Waals surface area contributed by atoms with Crippen LogP contribution in [0.4, 0.5) is 19.1 Å². The molecule has 19 heavy (non-hydrogen) atoms. The standard InChI is InChI=1S/C12H16F3N3O/c1-7-2-3-9-8(6-7)10(12(13,14)15)18-11(17-9)16-4-5-19/h7,19H,2-6H2,1H3,(H,16,17,18)/t7-/m0/s1. The third-order valence-corrected chi connectivity index (χ3v) is 3.18. The van der Waals surface area contributed by atoms with Gasteiger partial charge in [-0.15, -0.1) is 0 Å². The summed E-state index contributed by atoms with van der Waals surface area (Å²) in [7, 11) is 0. The first kappa shape index (κ1) is 14.0. The lowest BCUT2D eigenvalue weighted by atomic mass is 9.87. The summed E-state index contributed by atoms with van der Waals surface area (Å²) in [5.41, 5.74) is -0.147. The smallest absolute Gasteiger partial charge is 0.395 e. The van der Waals surface area contributed by atoms with Crippen LogP contribution < -0.4 is 5.32 Å². The molecule has 0 saturated carbocycles. The number of rotatable bonds is 3. The highest BCUT2D eigenvalue weighted by molar-refractivity contribution is 5.37. The van der Waals surface area contributed by atoms with Crippen molar-refractivity contribution in [2.45, 2.75) is 32.4 Å². The molecule has 0 aliphatic heterocycles. The van der Waals surface area contributed by atoms with Gasteiger partial charge in [0.2, 0.25) is 5.95 Å². The quantitative estimate of drug-likeness (QED) is 0.886. The number of halogens is 3. The van der Waals surface area contributed by atoms with Crippen molar-refractivity contribution in [1.29, 1.82) is 0 Å². The lowest BCUT2D eigenvalue weighted by molar-refractivity contribution is -0.142. The van der Waals surface area contributed by atoms with Crippen LogP contribution in [0.1, 0.15) is 30.3 Å². The van der Waals surface area contributed by atoms with Crippen molar-refractivity contribution in [1.82, 2.24) is 9.97 Å². The molecule has 7 heteroatoms. The second-order valence-corrected chi connectivity index (χ2v) is 4.82. The Hall–Kier alpha value is -1.37. The summed E-state index contributed by atoms with van der Waals surface area (Å²) in [5, 5.41) is 11.3. The number of hydrogen-bond acceptors (Lipinski definition) is 4. The van der Waals surface area contributed by atoms with Crippen molar-refractivity contribution in [3.8, 4) is 0 Å². The minimum atomic E-state index is -4.47. The minimum Gasteiger partial charge on any atom is -0.395 e. The van der Waals surface area contributed by atoms with Gasteiger partial charge in [-0.1, -0.05) is 6.92 Å². The predicted octanol–water partition coefficient (Wildman–Crippen LogP) is 2.02. The van der Waals surface area contributed by atoms with Crippen LogP contribution >= 0.6 is 0 Å². The summed E-state index contributed by atoms with van der Waals surface area (Å²) >= 11 is 0. The number of hydrogen-bond donors (Lipinski definition) is 2. The topological polar surface area (TPSA) is 58.0 Å². The first-order chi connectivity index (χ1) is 8.91. The van der Waals surface area contributed by atoms with E-state index >= 15 is 0 Å². The van der Waals surface area contributed by atoms with Crippen molar-refractivity contribution < 1.29 is 18.3 Å². The van der Waals surface area contributed by atoms with Crippen LogP contribution in [0.15, 0.2) is 0 Å². The van der Waals surface area contributed by atoms with Crippen molar-refractivity contribution in [3.63, 3.8) is 0 Å². The van der Waals surface area contributed by atoms with Crippen molar-refractivity contribution in [2.75, 3.05) is 18.5 Å². The van der Waals surface area contributed by atoms with E-state index in [4.69, 9.17) is 5.11 Å². The van der Waals surface area contributed by atoms with Crippen molar-refractivity contribution in [3.05, 3.63) is 17.0 Å². The third-order valence-electron chi connectivity index (χ3n) is 3.18. The van der Waals surface area contributed by atoms with Gasteiger partial charge in [-0.3, -0.25) is 0 Å². The van der Waals surface area contributed by atoms with E-state index in [2.05, 4.69) is 15.3 Å². The SMILES string of the molecule is C[C@H]1CCc2nc(NCCO)nc(C(F)(F)F)c2C1. The van der Waals surface area contributed by atoms with E-state index in [0.717, 1.165) is 6.42 Å². The molecular formula is C12H16F3N3O. The minimum absolute atomic E-state index is 0.0605. The van der Waals surface area contributed by atoms with Crippen LogP contribution in [-0.4, -0.2) is 28.2 Å². The number of alkyl halides is 3. The molecule has 1 aromatic heterocycles. The fourth-order valence-corrected chi connectivity index (χ4v) is 2.27. The summed E-state index contributed by atoms with van der Waals surface area (Å²) in [6, 6.07) is 0. The monoisotopic (exact) mass is 275 g/mol. The molecule has 0 bridgehead atoms. The highest BCUT2D eigenvalue weighted by atomic mass is 19.4. The van der Waals surface area contributed by atoms with Gasteiger partial charge in [-0.2, -0.15) is 13.2 Å². The van der Waals surface area contributed by atoms with Crippen LogP contribution in [0, 0.1) is 5.92 Å². The van der Waals surface area contributed by atoms with E-state index in [1.54, 1.807) is 0 Å². The number of fused-ring (bicyclic) bond motifs is 1. The van der Waals surface area contributed by atoms with Crippen LogP contribution in [0.3, 0.4) is 0 Å². The number of anilines is 1. The zero-order valence-corrected chi connectivity index (χ0v) is 10.6. The molecule has 1 aromatic rings. The Labute approximate surface area is 109 Å². The molecule has 0 spiro atoms. The second kappa shape index (κ2) is 5.32. The maximum absolute atomic E-state index is 13.0. The highest BCUT2D eigenvalue weighted by Crippen LogP contribution is 2.36. The van der Waals surface area contributed by atoms with Crippen LogP contribution in [0.25, 0.3) is 0 Å². The lowest BCUT2D eigenvalue weighted by Crippen LogP contribution is -2.23. The average molecular weight is 275 g/mol. The lowest BCUT2D eigenvalue weighted by Gasteiger charge is -2.24. The predicted molar refractivity (Wildman–Crippen MR) is 63.8 cm³/mol. The Morgan fingerprint density at radius 2 is 2.11 bits per heavy atom. The molecule has 1 heterocycles. The van der Waals surface area contributed by atoms with E-state index in [-0.39, 0.29) is 30.6 Å². The summed E-state index contributed by atoms with van der Waals surface area (Å²) in [6.07, 6.45) is -2.74. The van der Waals surface area contributed by atoms with E-state index in [9.17, 15) is 13.2 Å². The van der Waals surface area contributed by atoms with E-state index in [0.29, 0.717) is 18.5 Å². The molecule has 4 nitrogen and oxygen atoms in total. The largest absolute Gasteiger partial charge is 0.433 e. The van der Waals surface area contributed by atoms with Gasteiger partial charge in [0.25, 0.3) is 0 Å². The Balaban J connectivity index is 2.43.